The lowest BCUT2D eigenvalue weighted by Gasteiger charge is -2.30. The highest BCUT2D eigenvalue weighted by molar-refractivity contribution is 7.98. The van der Waals surface area contributed by atoms with Gasteiger partial charge in [0.05, 0.1) is 17.5 Å². The Hall–Kier alpha value is -2.94. The molecule has 0 radical (unpaired) electrons. The molecule has 0 N–H and O–H groups in total. The van der Waals surface area contributed by atoms with Crippen LogP contribution in [-0.2, 0) is 5.88 Å². The fourth-order valence-electron chi connectivity index (χ4n) is 5.62. The van der Waals surface area contributed by atoms with E-state index in [-0.39, 0.29) is 11.6 Å². The average molecular weight is 449 g/mol. The first-order valence-corrected chi connectivity index (χ1v) is 12.1. The molecule has 2 fully saturated rings. The zero-order valence-corrected chi connectivity index (χ0v) is 18.6. The SMILES string of the molecule is C[C@@H]([C@@H]1C[C@H]2CC[C@H]1C2)n1c(SCn2nnc3ccccc3c2=O)nnc1-c1ccco1. The lowest BCUT2D eigenvalue weighted by atomic mass is 9.84. The maximum Gasteiger partial charge on any atom is 0.278 e. The van der Waals surface area contributed by atoms with Crippen molar-refractivity contribution in [3.63, 3.8) is 0 Å². The van der Waals surface area contributed by atoms with Crippen LogP contribution in [0, 0.1) is 17.8 Å². The summed E-state index contributed by atoms with van der Waals surface area (Å²) >= 11 is 1.46. The first-order chi connectivity index (χ1) is 15.7. The van der Waals surface area contributed by atoms with Gasteiger partial charge in [0.2, 0.25) is 5.82 Å². The number of hydrogen-bond donors (Lipinski definition) is 0. The third-order valence-corrected chi connectivity index (χ3v) is 8.08. The van der Waals surface area contributed by atoms with Crippen LogP contribution in [0.2, 0.25) is 0 Å². The van der Waals surface area contributed by atoms with Gasteiger partial charge in [-0.3, -0.25) is 9.36 Å². The predicted molar refractivity (Wildman–Crippen MR) is 121 cm³/mol. The predicted octanol–water partition coefficient (Wildman–Crippen LogP) is 4.39. The second kappa shape index (κ2) is 7.88. The Kier molecular flexibility index (Phi) is 4.86. The smallest absolute Gasteiger partial charge is 0.278 e. The summed E-state index contributed by atoms with van der Waals surface area (Å²) < 4.78 is 9.26. The molecule has 0 amide bonds. The molecule has 4 aromatic rings. The van der Waals surface area contributed by atoms with Gasteiger partial charge >= 0.3 is 0 Å². The molecule has 6 rings (SSSR count). The van der Waals surface area contributed by atoms with Crippen LogP contribution in [0.25, 0.3) is 22.5 Å². The largest absolute Gasteiger partial charge is 0.461 e. The van der Waals surface area contributed by atoms with Crippen molar-refractivity contribution in [2.24, 2.45) is 17.8 Å². The second-order valence-corrected chi connectivity index (χ2v) is 9.83. The second-order valence-electron chi connectivity index (χ2n) is 8.92. The summed E-state index contributed by atoms with van der Waals surface area (Å²) in [5.41, 5.74) is 0.452. The highest BCUT2D eigenvalue weighted by Gasteiger charge is 2.43. The number of fused-ring (bicyclic) bond motifs is 3. The molecule has 0 unspecified atom stereocenters. The molecular formula is C23H24N6O2S. The summed E-state index contributed by atoms with van der Waals surface area (Å²) in [5, 5.41) is 18.6. The van der Waals surface area contributed by atoms with Crippen LogP contribution in [-0.4, -0.2) is 29.8 Å². The molecule has 2 saturated carbocycles. The van der Waals surface area contributed by atoms with E-state index in [2.05, 4.69) is 32.0 Å². The van der Waals surface area contributed by atoms with E-state index in [1.165, 1.54) is 42.1 Å². The Bertz CT molecular complexity index is 1310. The van der Waals surface area contributed by atoms with Gasteiger partial charge in [-0.15, -0.1) is 15.3 Å². The van der Waals surface area contributed by atoms with Gasteiger partial charge in [-0.2, -0.15) is 4.68 Å². The third kappa shape index (κ3) is 3.26. The molecule has 0 spiro atoms. The van der Waals surface area contributed by atoms with Gasteiger partial charge in [0.25, 0.3) is 5.56 Å². The molecule has 4 atom stereocenters. The Morgan fingerprint density at radius 1 is 1.12 bits per heavy atom. The topological polar surface area (TPSA) is 91.6 Å². The minimum Gasteiger partial charge on any atom is -0.461 e. The Morgan fingerprint density at radius 2 is 2.03 bits per heavy atom. The van der Waals surface area contributed by atoms with Crippen molar-refractivity contribution in [2.75, 3.05) is 0 Å². The summed E-state index contributed by atoms with van der Waals surface area (Å²) in [6.45, 7) is 2.27. The van der Waals surface area contributed by atoms with Gasteiger partial charge in [0.15, 0.2) is 10.9 Å². The van der Waals surface area contributed by atoms with Crippen LogP contribution in [0.4, 0.5) is 0 Å². The zero-order valence-electron chi connectivity index (χ0n) is 17.8. The number of hydrogen-bond acceptors (Lipinski definition) is 7. The summed E-state index contributed by atoms with van der Waals surface area (Å²) in [6, 6.07) is 11.3. The van der Waals surface area contributed by atoms with Crippen molar-refractivity contribution in [3.05, 3.63) is 53.0 Å². The van der Waals surface area contributed by atoms with Crippen LogP contribution in [0.3, 0.4) is 0 Å². The highest BCUT2D eigenvalue weighted by Crippen LogP contribution is 2.53. The van der Waals surface area contributed by atoms with Crippen LogP contribution in [0.1, 0.15) is 38.6 Å². The van der Waals surface area contributed by atoms with E-state index in [0.717, 1.165) is 22.8 Å². The number of nitrogens with zero attached hydrogens (tertiary/aromatic N) is 6. The van der Waals surface area contributed by atoms with Gasteiger partial charge in [0, 0.05) is 6.04 Å². The van der Waals surface area contributed by atoms with E-state index in [9.17, 15) is 4.79 Å². The van der Waals surface area contributed by atoms with Crippen molar-refractivity contribution in [1.82, 2.24) is 29.8 Å². The van der Waals surface area contributed by atoms with E-state index in [0.29, 0.717) is 28.5 Å². The molecule has 164 valence electrons. The molecule has 3 heterocycles. The van der Waals surface area contributed by atoms with Crippen LogP contribution < -0.4 is 5.56 Å². The monoisotopic (exact) mass is 448 g/mol. The molecule has 0 saturated heterocycles. The van der Waals surface area contributed by atoms with E-state index in [1.807, 2.05) is 24.3 Å². The normalized spacial score (nSPS) is 23.2. The molecule has 2 aliphatic rings. The fraction of sp³-hybridized carbons (Fsp3) is 0.435. The molecule has 8 nitrogen and oxygen atoms in total. The molecule has 0 aliphatic heterocycles. The van der Waals surface area contributed by atoms with Crippen molar-refractivity contribution in [2.45, 2.75) is 49.7 Å². The number of aromatic nitrogens is 6. The van der Waals surface area contributed by atoms with Gasteiger partial charge in [-0.25, -0.2) is 0 Å². The summed E-state index contributed by atoms with van der Waals surface area (Å²) in [7, 11) is 0. The highest BCUT2D eigenvalue weighted by atomic mass is 32.2. The molecular weight excluding hydrogens is 424 g/mol. The van der Waals surface area contributed by atoms with Crippen LogP contribution >= 0.6 is 11.8 Å². The lowest BCUT2D eigenvalue weighted by Crippen LogP contribution is -2.25. The molecule has 3 aromatic heterocycles. The quantitative estimate of drug-likeness (QED) is 0.404. The fourth-order valence-corrected chi connectivity index (χ4v) is 6.52. The Labute approximate surface area is 189 Å². The molecule has 32 heavy (non-hydrogen) atoms. The van der Waals surface area contributed by atoms with Crippen LogP contribution in [0.5, 0.6) is 0 Å². The minimum absolute atomic E-state index is 0.151. The van der Waals surface area contributed by atoms with E-state index in [1.54, 1.807) is 18.4 Å². The average Bonchev–Trinajstić information content (AvgIpc) is 3.62. The van der Waals surface area contributed by atoms with E-state index in [4.69, 9.17) is 4.42 Å². The Balaban J connectivity index is 1.33. The van der Waals surface area contributed by atoms with Crippen molar-refractivity contribution >= 4 is 22.7 Å². The van der Waals surface area contributed by atoms with Crippen molar-refractivity contribution < 1.29 is 4.42 Å². The number of furan rings is 1. The number of rotatable bonds is 6. The van der Waals surface area contributed by atoms with Gasteiger partial charge in [-0.05, 0) is 68.2 Å². The number of benzene rings is 1. The van der Waals surface area contributed by atoms with E-state index >= 15 is 0 Å². The maximum atomic E-state index is 12.8. The van der Waals surface area contributed by atoms with Gasteiger partial charge in [0.1, 0.15) is 5.52 Å². The standard InChI is InChI=1S/C23H24N6O2S/c1-14(18-12-15-8-9-16(18)11-15)29-21(20-7-4-10-31-20)25-26-23(29)32-13-28-22(30)17-5-2-3-6-19(17)24-27-28/h2-7,10,14-16,18H,8-9,11-13H2,1H3/t14-,15-,16-,18-/m0/s1. The summed E-state index contributed by atoms with van der Waals surface area (Å²) in [4.78, 5) is 12.8. The molecule has 1 aromatic carbocycles. The molecule has 2 bridgehead atoms. The lowest BCUT2D eigenvalue weighted by molar-refractivity contribution is 0.235. The third-order valence-electron chi connectivity index (χ3n) is 7.17. The van der Waals surface area contributed by atoms with Gasteiger partial charge < -0.3 is 4.42 Å². The minimum atomic E-state index is -0.151. The summed E-state index contributed by atoms with van der Waals surface area (Å²) in [5.74, 6) is 4.01. The van der Waals surface area contributed by atoms with E-state index < -0.39 is 0 Å². The zero-order chi connectivity index (χ0) is 21.7. The summed E-state index contributed by atoms with van der Waals surface area (Å²) in [6.07, 6.45) is 6.96. The van der Waals surface area contributed by atoms with Gasteiger partial charge in [-0.1, -0.05) is 35.5 Å². The molecule has 2 aliphatic carbocycles. The first kappa shape index (κ1) is 19.7. The van der Waals surface area contributed by atoms with Crippen molar-refractivity contribution in [3.8, 4) is 11.6 Å². The first-order valence-electron chi connectivity index (χ1n) is 11.1. The van der Waals surface area contributed by atoms with Crippen LogP contribution in [0.15, 0.2) is 57.0 Å². The number of thioether (sulfide) groups is 1. The maximum absolute atomic E-state index is 12.8. The van der Waals surface area contributed by atoms with Crippen molar-refractivity contribution in [1.29, 1.82) is 0 Å². The Morgan fingerprint density at radius 3 is 2.81 bits per heavy atom. The molecule has 9 heteroatoms.